The molecular weight excluding hydrogens is 206 g/mol. The van der Waals surface area contributed by atoms with Crippen LogP contribution in [0.2, 0.25) is 0 Å². The van der Waals surface area contributed by atoms with Crippen LogP contribution >= 0.6 is 11.9 Å². The van der Waals surface area contributed by atoms with E-state index in [2.05, 4.69) is 9.13 Å². The van der Waals surface area contributed by atoms with Gasteiger partial charge in [-0.15, -0.1) is 0 Å². The first-order valence-corrected chi connectivity index (χ1v) is 4.61. The van der Waals surface area contributed by atoms with Gasteiger partial charge in [0.1, 0.15) is 11.8 Å². The summed E-state index contributed by atoms with van der Waals surface area (Å²) in [5.41, 5.74) is 4.38. The number of hydrogen-bond acceptors (Lipinski definition) is 6. The van der Waals surface area contributed by atoms with Gasteiger partial charge in [0.15, 0.2) is 0 Å². The maximum absolute atomic E-state index is 10.8. The van der Waals surface area contributed by atoms with Crippen LogP contribution in [0.4, 0.5) is 0 Å². The number of esters is 1. The molecule has 0 aliphatic carbocycles. The molecule has 0 rings (SSSR count). The fraction of sp³-hybridized carbons (Fsp3) is 0.429. The fourth-order valence-electron chi connectivity index (χ4n) is 0.473. The molecule has 0 unspecified atom stereocenters. The molecule has 0 radical (unpaired) electrons. The molecule has 14 heavy (non-hydrogen) atoms. The Balaban J connectivity index is 3.98. The number of carbonyl (C=O) groups is 2. The van der Waals surface area contributed by atoms with Crippen LogP contribution in [0.15, 0.2) is 4.40 Å². The molecule has 0 fully saturated rings. The lowest BCUT2D eigenvalue weighted by atomic mass is 10.4. The monoisotopic (exact) mass is 215 g/mol. The van der Waals surface area contributed by atoms with Crippen molar-refractivity contribution in [2.75, 3.05) is 12.4 Å². The Hall–Kier alpha value is -1.55. The number of nitrogens with zero attached hydrogens (tertiary/aromatic N) is 2. The molecule has 0 atom stereocenters. The van der Waals surface area contributed by atoms with Crippen LogP contribution in [-0.2, 0) is 14.3 Å². The van der Waals surface area contributed by atoms with Crippen LogP contribution < -0.4 is 5.73 Å². The van der Waals surface area contributed by atoms with E-state index in [9.17, 15) is 9.59 Å². The van der Waals surface area contributed by atoms with Crippen LogP contribution in [0.3, 0.4) is 0 Å². The van der Waals surface area contributed by atoms with E-state index in [-0.39, 0.29) is 12.4 Å². The molecule has 0 spiro atoms. The third kappa shape index (κ3) is 5.16. The first-order chi connectivity index (χ1) is 6.61. The highest BCUT2D eigenvalue weighted by Gasteiger charge is 2.06. The number of rotatable bonds is 5. The predicted octanol–water partition coefficient (Wildman–Crippen LogP) is -0.352. The maximum Gasteiger partial charge on any atom is 0.317 e. The average molecular weight is 215 g/mol. The van der Waals surface area contributed by atoms with Crippen molar-refractivity contribution >= 4 is 29.5 Å². The van der Waals surface area contributed by atoms with Crippen LogP contribution in [0.5, 0.6) is 0 Å². The number of amides is 1. The van der Waals surface area contributed by atoms with Crippen molar-refractivity contribution in [2.45, 2.75) is 6.92 Å². The number of ether oxygens (including phenoxy) is 1. The highest BCUT2D eigenvalue weighted by Crippen LogP contribution is 2.02. The molecular formula is C7H9N3O3S. The number of carbonyl (C=O) groups excluding carboxylic acids is 2. The molecule has 0 heterocycles. The lowest BCUT2D eigenvalue weighted by molar-refractivity contribution is -0.139. The van der Waals surface area contributed by atoms with Crippen LogP contribution in [-0.4, -0.2) is 29.9 Å². The third-order valence-electron chi connectivity index (χ3n) is 0.983. The highest BCUT2D eigenvalue weighted by molar-refractivity contribution is 7.98. The summed E-state index contributed by atoms with van der Waals surface area (Å²) >= 11 is 0.752. The lowest BCUT2D eigenvalue weighted by Crippen LogP contribution is -2.21. The Bertz CT molecular complexity index is 295. The van der Waals surface area contributed by atoms with Gasteiger partial charge in [-0.3, -0.25) is 9.59 Å². The zero-order chi connectivity index (χ0) is 11.0. The molecule has 6 nitrogen and oxygen atoms in total. The van der Waals surface area contributed by atoms with Gasteiger partial charge in [-0.1, -0.05) is 0 Å². The van der Waals surface area contributed by atoms with E-state index in [1.807, 2.05) is 0 Å². The Morgan fingerprint density at radius 3 is 2.71 bits per heavy atom. The molecule has 0 bridgehead atoms. The SMILES string of the molecule is CCOC(=O)CSN=C(C#N)C(N)=O. The first-order valence-electron chi connectivity index (χ1n) is 3.67. The van der Waals surface area contributed by atoms with Gasteiger partial charge in [0, 0.05) is 0 Å². The molecule has 0 saturated carbocycles. The molecule has 0 aliphatic heterocycles. The van der Waals surface area contributed by atoms with E-state index in [1.54, 1.807) is 6.92 Å². The summed E-state index contributed by atoms with van der Waals surface area (Å²) < 4.78 is 8.05. The Labute approximate surface area is 85.3 Å². The maximum atomic E-state index is 10.8. The fourth-order valence-corrected chi connectivity index (χ4v) is 0.986. The Morgan fingerprint density at radius 1 is 1.64 bits per heavy atom. The summed E-state index contributed by atoms with van der Waals surface area (Å²) in [5, 5.41) is 8.35. The van der Waals surface area contributed by atoms with Crippen molar-refractivity contribution in [3.05, 3.63) is 0 Å². The standard InChI is InChI=1S/C7H9N3O3S/c1-2-13-6(11)4-14-10-5(3-8)7(9)12/h2,4H2,1H3,(H2,9,12). The number of nitriles is 1. The summed E-state index contributed by atoms with van der Waals surface area (Å²) in [7, 11) is 0. The number of primary amides is 1. The molecule has 0 aliphatic rings. The quantitative estimate of drug-likeness (QED) is 0.383. The molecule has 76 valence electrons. The van der Waals surface area contributed by atoms with Crippen LogP contribution in [0.1, 0.15) is 6.92 Å². The van der Waals surface area contributed by atoms with Gasteiger partial charge in [-0.05, 0) is 18.9 Å². The third-order valence-corrected chi connectivity index (χ3v) is 1.66. The second-order valence-corrected chi connectivity index (χ2v) is 2.72. The van der Waals surface area contributed by atoms with Gasteiger partial charge < -0.3 is 10.5 Å². The van der Waals surface area contributed by atoms with E-state index < -0.39 is 17.6 Å². The second-order valence-electron chi connectivity index (χ2n) is 1.99. The van der Waals surface area contributed by atoms with Crippen LogP contribution in [0.25, 0.3) is 0 Å². The molecule has 0 saturated heterocycles. The van der Waals surface area contributed by atoms with Crippen molar-refractivity contribution in [2.24, 2.45) is 10.1 Å². The topological polar surface area (TPSA) is 106 Å². The summed E-state index contributed by atoms with van der Waals surface area (Å²) in [5.74, 6) is -1.42. The zero-order valence-electron chi connectivity index (χ0n) is 7.52. The molecule has 2 N–H and O–H groups in total. The molecule has 7 heteroatoms. The normalized spacial score (nSPS) is 10.4. The minimum atomic E-state index is -0.913. The van der Waals surface area contributed by atoms with E-state index >= 15 is 0 Å². The van der Waals surface area contributed by atoms with E-state index in [0.717, 1.165) is 11.9 Å². The van der Waals surface area contributed by atoms with Gasteiger partial charge in [-0.25, -0.2) is 0 Å². The summed E-state index contributed by atoms with van der Waals surface area (Å²) in [6.07, 6.45) is 0. The largest absolute Gasteiger partial charge is 0.465 e. The predicted molar refractivity (Wildman–Crippen MR) is 51.3 cm³/mol. The molecule has 0 aromatic carbocycles. The zero-order valence-corrected chi connectivity index (χ0v) is 8.34. The minimum Gasteiger partial charge on any atom is -0.465 e. The first kappa shape index (κ1) is 12.4. The van der Waals surface area contributed by atoms with Gasteiger partial charge in [0.25, 0.3) is 5.91 Å². The Kier molecular flexibility index (Phi) is 6.15. The summed E-state index contributed by atoms with van der Waals surface area (Å²) in [6, 6.07) is 1.51. The molecule has 1 amide bonds. The van der Waals surface area contributed by atoms with Gasteiger partial charge >= 0.3 is 5.97 Å². The lowest BCUT2D eigenvalue weighted by Gasteiger charge is -1.97. The van der Waals surface area contributed by atoms with Crippen molar-refractivity contribution in [3.8, 4) is 6.07 Å². The van der Waals surface area contributed by atoms with Crippen molar-refractivity contribution in [1.29, 1.82) is 5.26 Å². The van der Waals surface area contributed by atoms with Gasteiger partial charge in [0.05, 0.1) is 6.61 Å². The van der Waals surface area contributed by atoms with E-state index in [0.29, 0.717) is 0 Å². The summed E-state index contributed by atoms with van der Waals surface area (Å²) in [4.78, 5) is 21.2. The van der Waals surface area contributed by atoms with Gasteiger partial charge in [-0.2, -0.15) is 9.66 Å². The van der Waals surface area contributed by atoms with Crippen molar-refractivity contribution in [1.82, 2.24) is 0 Å². The van der Waals surface area contributed by atoms with E-state index in [1.165, 1.54) is 6.07 Å². The van der Waals surface area contributed by atoms with Gasteiger partial charge in [0.2, 0.25) is 5.71 Å². The highest BCUT2D eigenvalue weighted by atomic mass is 32.2. The van der Waals surface area contributed by atoms with Crippen LogP contribution in [0, 0.1) is 11.3 Å². The smallest absolute Gasteiger partial charge is 0.317 e. The molecule has 0 aromatic rings. The number of nitrogens with two attached hydrogens (primary N) is 1. The molecule has 0 aromatic heterocycles. The van der Waals surface area contributed by atoms with Crippen molar-refractivity contribution in [3.63, 3.8) is 0 Å². The summed E-state index contributed by atoms with van der Waals surface area (Å²) in [6.45, 7) is 1.96. The van der Waals surface area contributed by atoms with Crippen molar-refractivity contribution < 1.29 is 14.3 Å². The Morgan fingerprint density at radius 2 is 2.29 bits per heavy atom. The minimum absolute atomic E-state index is 0.0493. The van der Waals surface area contributed by atoms with E-state index in [4.69, 9.17) is 11.0 Å². The average Bonchev–Trinajstić information content (AvgIpc) is 2.12. The second kappa shape index (κ2) is 6.91. The number of hydrogen-bond donors (Lipinski definition) is 1.